The molecule has 1 aromatic carbocycles. The number of hydrogen-bond acceptors (Lipinski definition) is 4. The molecule has 0 unspecified atom stereocenters. The van der Waals surface area contributed by atoms with Gasteiger partial charge < -0.3 is 21.3 Å². The number of likely N-dealkylation sites (tertiary alicyclic amines) is 1. The van der Waals surface area contributed by atoms with E-state index >= 15 is 0 Å². The Morgan fingerprint density at radius 1 is 1.30 bits per heavy atom. The van der Waals surface area contributed by atoms with Gasteiger partial charge in [0.05, 0.1) is 12.1 Å². The number of benzene rings is 1. The summed E-state index contributed by atoms with van der Waals surface area (Å²) in [5.41, 5.74) is 6.12. The second kappa shape index (κ2) is 8.81. The molecule has 0 bridgehead atoms. The normalized spacial score (nSPS) is 24.2. The Morgan fingerprint density at radius 3 is 2.60 bits per heavy atom. The third-order valence-electron chi connectivity index (χ3n) is 5.52. The number of carbonyl (C=O) groups is 3. The van der Waals surface area contributed by atoms with E-state index in [0.29, 0.717) is 37.2 Å². The molecule has 2 aliphatic rings. The molecule has 10 heteroatoms. The zero-order chi connectivity index (χ0) is 22.1. The molecule has 0 radical (unpaired) electrons. The number of hydrogen-bond donors (Lipinski definition) is 4. The van der Waals surface area contributed by atoms with Crippen LogP contribution in [0.3, 0.4) is 0 Å². The second-order valence-electron chi connectivity index (χ2n) is 7.99. The predicted molar refractivity (Wildman–Crippen MR) is 115 cm³/mol. The second-order valence-corrected chi connectivity index (χ2v) is 9.53. The van der Waals surface area contributed by atoms with Gasteiger partial charge in [0.2, 0.25) is 11.8 Å². The minimum Gasteiger partial charge on any atom is -0.375 e. The van der Waals surface area contributed by atoms with E-state index in [4.69, 9.17) is 34.3 Å². The number of nitrogens with two attached hydrogens (primary N) is 2. The first kappa shape index (κ1) is 22.4. The summed E-state index contributed by atoms with van der Waals surface area (Å²) in [7, 11) is 0. The first-order chi connectivity index (χ1) is 14.1. The fourth-order valence-corrected chi connectivity index (χ4v) is 4.21. The van der Waals surface area contributed by atoms with Crippen molar-refractivity contribution in [1.29, 1.82) is 0 Å². The maximum Gasteiger partial charge on any atom is 0.313 e. The van der Waals surface area contributed by atoms with Gasteiger partial charge in [-0.3, -0.25) is 14.4 Å². The van der Waals surface area contributed by atoms with Gasteiger partial charge in [0.1, 0.15) is 10.4 Å². The van der Waals surface area contributed by atoms with Gasteiger partial charge >= 0.3 is 5.91 Å². The Morgan fingerprint density at radius 2 is 1.97 bits per heavy atom. The molecular weight excluding hydrogens is 429 g/mol. The quantitative estimate of drug-likeness (QED) is 0.316. The van der Waals surface area contributed by atoms with Crippen molar-refractivity contribution < 1.29 is 19.8 Å². The summed E-state index contributed by atoms with van der Waals surface area (Å²) in [4.78, 5) is 38.5. The Hall–Kier alpha value is -2.32. The minimum absolute atomic E-state index is 0.0397. The topological polar surface area (TPSA) is 130 Å². The molecule has 1 saturated heterocycles. The Kier molecular flexibility index (Phi) is 6.57. The molecule has 8 nitrogen and oxygen atoms in total. The lowest BCUT2D eigenvalue weighted by atomic mass is 10.1. The van der Waals surface area contributed by atoms with Crippen LogP contribution in [0, 0.1) is 11.8 Å². The molecule has 3 amide bonds. The van der Waals surface area contributed by atoms with Gasteiger partial charge in [0.15, 0.2) is 0 Å². The first-order valence-electron chi connectivity index (χ1n) is 9.80. The summed E-state index contributed by atoms with van der Waals surface area (Å²) in [6.07, 6.45) is 1.24. The maximum atomic E-state index is 12.9. The van der Waals surface area contributed by atoms with Gasteiger partial charge in [-0.05, 0) is 30.9 Å². The minimum atomic E-state index is -0.757. The van der Waals surface area contributed by atoms with Crippen molar-refractivity contribution in [3.63, 3.8) is 0 Å². The standard InChI is InChI=1S/C20H25Cl2N5O3/c1-11-6-15(19(30)26-8-12-7-20(12,21)22)27(10-11)16(28)9-25-14-5-3-2-4-13(14)17(23)18(24)29/h2-5,11-12,15,23,25H,6-10H2,1H3,(H2,24,29)(H,26,30)/p+1/t11-,12+,15-/m0/s1. The van der Waals surface area contributed by atoms with Crippen molar-refractivity contribution in [3.05, 3.63) is 29.8 Å². The van der Waals surface area contributed by atoms with E-state index in [9.17, 15) is 14.4 Å². The van der Waals surface area contributed by atoms with Crippen LogP contribution in [0.25, 0.3) is 0 Å². The van der Waals surface area contributed by atoms with E-state index in [0.717, 1.165) is 0 Å². The highest BCUT2D eigenvalue weighted by molar-refractivity contribution is 6.50. The number of alkyl halides is 2. The third kappa shape index (κ3) is 5.05. The van der Waals surface area contributed by atoms with Crippen LogP contribution in [-0.4, -0.2) is 58.3 Å². The zero-order valence-corrected chi connectivity index (χ0v) is 18.2. The molecule has 1 heterocycles. The lowest BCUT2D eigenvalue weighted by Crippen LogP contribution is -2.49. The van der Waals surface area contributed by atoms with Gasteiger partial charge in [-0.2, -0.15) is 0 Å². The van der Waals surface area contributed by atoms with Crippen molar-refractivity contribution in [3.8, 4) is 0 Å². The summed E-state index contributed by atoms with van der Waals surface area (Å²) in [6.45, 7) is 2.84. The van der Waals surface area contributed by atoms with E-state index < -0.39 is 16.3 Å². The predicted octanol–water partition coefficient (Wildman–Crippen LogP) is -0.321. The number of carbonyl (C=O) groups excluding carboxylic acids is 3. The summed E-state index contributed by atoms with van der Waals surface area (Å²) in [5, 5.41) is 11.6. The molecule has 0 aromatic heterocycles. The van der Waals surface area contributed by atoms with Crippen LogP contribution in [0.4, 0.5) is 5.69 Å². The molecule has 30 heavy (non-hydrogen) atoms. The molecule has 0 spiro atoms. The lowest BCUT2D eigenvalue weighted by molar-refractivity contribution is -0.137. The highest BCUT2D eigenvalue weighted by Gasteiger charge is 2.51. The van der Waals surface area contributed by atoms with Crippen molar-refractivity contribution in [2.45, 2.75) is 30.1 Å². The van der Waals surface area contributed by atoms with Crippen LogP contribution in [0.15, 0.2) is 24.3 Å². The number of amides is 3. The van der Waals surface area contributed by atoms with Gasteiger partial charge in [-0.25, -0.2) is 5.41 Å². The molecule has 3 atom stereocenters. The number of primary amides is 1. The van der Waals surface area contributed by atoms with Crippen LogP contribution < -0.4 is 21.8 Å². The summed E-state index contributed by atoms with van der Waals surface area (Å²) < 4.78 is -0.757. The number of nitrogens with zero attached hydrogens (tertiary/aromatic N) is 1. The van der Waals surface area contributed by atoms with Crippen molar-refractivity contribution >= 4 is 52.3 Å². The zero-order valence-electron chi connectivity index (χ0n) is 16.7. The number of nitrogens with one attached hydrogen (secondary N) is 2. The molecule has 3 rings (SSSR count). The third-order valence-corrected chi connectivity index (χ3v) is 6.45. The molecule has 2 fully saturated rings. The van der Waals surface area contributed by atoms with Gasteiger partial charge in [-0.1, -0.05) is 19.1 Å². The summed E-state index contributed by atoms with van der Waals surface area (Å²) in [5.74, 6) is -0.915. The molecule has 1 saturated carbocycles. The maximum absolute atomic E-state index is 12.9. The van der Waals surface area contributed by atoms with Crippen molar-refractivity contribution in [2.75, 3.05) is 25.0 Å². The van der Waals surface area contributed by atoms with Crippen LogP contribution in [0.5, 0.6) is 0 Å². The molecule has 1 aromatic rings. The van der Waals surface area contributed by atoms with E-state index in [2.05, 4.69) is 10.6 Å². The molecular formula is C20H26Cl2N5O3+. The molecule has 1 aliphatic carbocycles. The number of para-hydroxylation sites is 1. The number of rotatable bonds is 8. The lowest BCUT2D eigenvalue weighted by Gasteiger charge is -2.24. The van der Waals surface area contributed by atoms with Crippen LogP contribution >= 0.6 is 23.2 Å². The van der Waals surface area contributed by atoms with E-state index in [1.807, 2.05) is 6.92 Å². The Balaban J connectivity index is 1.61. The largest absolute Gasteiger partial charge is 0.375 e. The number of halogens is 2. The fourth-order valence-electron chi connectivity index (χ4n) is 3.68. The van der Waals surface area contributed by atoms with Crippen molar-refractivity contribution in [2.24, 2.45) is 17.6 Å². The van der Waals surface area contributed by atoms with Gasteiger partial charge in [0, 0.05) is 24.7 Å². The smallest absolute Gasteiger partial charge is 0.313 e. The average Bonchev–Trinajstić information content (AvgIpc) is 3.12. The molecule has 162 valence electrons. The van der Waals surface area contributed by atoms with E-state index in [-0.39, 0.29) is 35.9 Å². The Bertz CT molecular complexity index is 876. The number of anilines is 1. The van der Waals surface area contributed by atoms with Gasteiger partial charge in [-0.15, -0.1) is 23.2 Å². The monoisotopic (exact) mass is 454 g/mol. The van der Waals surface area contributed by atoms with Crippen molar-refractivity contribution in [1.82, 2.24) is 10.2 Å². The summed E-state index contributed by atoms with van der Waals surface area (Å²) >= 11 is 12.0. The Labute approximate surface area is 185 Å². The SMILES string of the molecule is C[C@H]1C[C@@H](C(=O)NC[C@H]2CC2(Cl)Cl)N(C(=O)CNc2ccccc2C(=[NH2+])C(N)=O)C1. The highest BCUT2D eigenvalue weighted by Crippen LogP contribution is 2.52. The fraction of sp³-hybridized carbons (Fsp3) is 0.500. The molecule has 6 N–H and O–H groups in total. The van der Waals surface area contributed by atoms with Gasteiger partial charge in [0.25, 0.3) is 5.71 Å². The average molecular weight is 455 g/mol. The first-order valence-corrected chi connectivity index (χ1v) is 10.6. The highest BCUT2D eigenvalue weighted by atomic mass is 35.5. The summed E-state index contributed by atoms with van der Waals surface area (Å²) in [6, 6.07) is 6.29. The van der Waals surface area contributed by atoms with Crippen LogP contribution in [0.2, 0.25) is 0 Å². The van der Waals surface area contributed by atoms with Crippen LogP contribution in [0.1, 0.15) is 25.3 Å². The molecule has 1 aliphatic heterocycles. The van der Waals surface area contributed by atoms with E-state index in [1.165, 1.54) is 0 Å². The van der Waals surface area contributed by atoms with Crippen LogP contribution in [-0.2, 0) is 14.4 Å². The van der Waals surface area contributed by atoms with E-state index in [1.54, 1.807) is 29.2 Å².